The second-order valence-corrected chi connectivity index (χ2v) is 7.20. The summed E-state index contributed by atoms with van der Waals surface area (Å²) in [5.41, 5.74) is 0.674. The summed E-state index contributed by atoms with van der Waals surface area (Å²) in [5, 5.41) is 0.209. The van der Waals surface area contributed by atoms with Crippen molar-refractivity contribution in [3.05, 3.63) is 58.5 Å². The molecule has 132 valence electrons. The number of aryl methyl sites for hydroxylation is 1. The van der Waals surface area contributed by atoms with E-state index in [1.54, 1.807) is 6.20 Å². The van der Waals surface area contributed by atoms with Gasteiger partial charge in [-0.05, 0) is 31.7 Å². The Labute approximate surface area is 152 Å². The molecule has 0 bridgehead atoms. The van der Waals surface area contributed by atoms with Crippen molar-refractivity contribution in [3.8, 4) is 0 Å². The number of piperidine rings is 1. The van der Waals surface area contributed by atoms with E-state index < -0.39 is 0 Å². The molecule has 0 radical (unpaired) electrons. The molecule has 1 fully saturated rings. The van der Waals surface area contributed by atoms with Gasteiger partial charge in [-0.25, -0.2) is 0 Å². The maximum atomic E-state index is 13.2. The molecule has 2 aromatic rings. The zero-order valence-electron chi connectivity index (χ0n) is 14.4. The largest absolute Gasteiger partial charge is 0.341 e. The van der Waals surface area contributed by atoms with Crippen LogP contribution >= 0.6 is 11.8 Å². The van der Waals surface area contributed by atoms with Crippen molar-refractivity contribution < 1.29 is 4.79 Å². The summed E-state index contributed by atoms with van der Waals surface area (Å²) in [6.07, 6.45) is 5.04. The third kappa shape index (κ3) is 4.31. The number of thioether (sulfide) groups is 1. The molecule has 0 saturated carbocycles. The van der Waals surface area contributed by atoms with Crippen LogP contribution in [0.15, 0.2) is 52.5 Å². The fourth-order valence-corrected chi connectivity index (χ4v) is 4.24. The number of rotatable bonds is 5. The zero-order valence-corrected chi connectivity index (χ0v) is 15.2. The number of carbonyl (C=O) groups excluding carboxylic acids is 1. The van der Waals surface area contributed by atoms with Crippen molar-refractivity contribution in [1.29, 1.82) is 0 Å². The topological polar surface area (TPSA) is 55.2 Å². The quantitative estimate of drug-likeness (QED) is 0.609. The van der Waals surface area contributed by atoms with Gasteiger partial charge in [0, 0.05) is 31.9 Å². The molecular formula is C19H23N3O2S. The molecule has 1 aliphatic heterocycles. The van der Waals surface area contributed by atoms with E-state index in [1.165, 1.54) is 24.2 Å². The van der Waals surface area contributed by atoms with E-state index in [2.05, 4.69) is 4.98 Å². The number of hydrogen-bond donors (Lipinski definition) is 0. The fraction of sp³-hybridized carbons (Fsp3) is 0.421. The van der Waals surface area contributed by atoms with Crippen molar-refractivity contribution in [3.63, 3.8) is 0 Å². The van der Waals surface area contributed by atoms with Gasteiger partial charge in [0.2, 0.25) is 5.91 Å². The van der Waals surface area contributed by atoms with Gasteiger partial charge in [0.15, 0.2) is 5.16 Å². The smallest absolute Gasteiger partial charge is 0.273 e. The van der Waals surface area contributed by atoms with Gasteiger partial charge in [0.1, 0.15) is 5.25 Å². The Kier molecular flexibility index (Phi) is 5.91. The summed E-state index contributed by atoms with van der Waals surface area (Å²) >= 11 is 1.37. The highest BCUT2D eigenvalue weighted by Gasteiger charge is 2.29. The van der Waals surface area contributed by atoms with Crippen LogP contribution in [0.5, 0.6) is 0 Å². The van der Waals surface area contributed by atoms with Gasteiger partial charge >= 0.3 is 0 Å². The molecule has 3 rings (SSSR count). The summed E-state index contributed by atoms with van der Waals surface area (Å²) in [5.74, 6) is 0.108. The van der Waals surface area contributed by atoms with Crippen molar-refractivity contribution in [2.45, 2.75) is 43.1 Å². The molecule has 2 heterocycles. The Balaban J connectivity index is 1.93. The predicted molar refractivity (Wildman–Crippen MR) is 99.6 cm³/mol. The average Bonchev–Trinajstić information content (AvgIpc) is 2.67. The first-order chi connectivity index (χ1) is 12.2. The van der Waals surface area contributed by atoms with E-state index in [-0.39, 0.29) is 16.7 Å². The number of amides is 1. The van der Waals surface area contributed by atoms with E-state index in [4.69, 9.17) is 0 Å². The maximum absolute atomic E-state index is 13.2. The molecule has 1 aliphatic rings. The molecule has 0 aliphatic carbocycles. The van der Waals surface area contributed by atoms with E-state index in [0.717, 1.165) is 31.5 Å². The summed E-state index contributed by atoms with van der Waals surface area (Å²) in [6.45, 7) is 4.33. The number of carbonyl (C=O) groups is 1. The summed E-state index contributed by atoms with van der Waals surface area (Å²) in [7, 11) is 0. The van der Waals surface area contributed by atoms with E-state index in [1.807, 2.05) is 46.7 Å². The van der Waals surface area contributed by atoms with Gasteiger partial charge < -0.3 is 9.47 Å². The average molecular weight is 357 g/mol. The predicted octanol–water partition coefficient (Wildman–Crippen LogP) is 3.11. The van der Waals surface area contributed by atoms with E-state index >= 15 is 0 Å². The Bertz CT molecular complexity index is 770. The molecule has 0 spiro atoms. The molecule has 1 unspecified atom stereocenters. The van der Waals surface area contributed by atoms with Gasteiger partial charge in [0.25, 0.3) is 5.56 Å². The Morgan fingerprint density at radius 2 is 1.88 bits per heavy atom. The van der Waals surface area contributed by atoms with Crippen LogP contribution < -0.4 is 5.56 Å². The molecule has 1 aromatic carbocycles. The molecule has 1 atom stereocenters. The lowest BCUT2D eigenvalue weighted by atomic mass is 10.1. The molecule has 1 amide bonds. The normalized spacial score (nSPS) is 15.8. The molecule has 0 N–H and O–H groups in total. The number of likely N-dealkylation sites (tertiary alicyclic amines) is 1. The highest BCUT2D eigenvalue weighted by molar-refractivity contribution is 8.00. The third-order valence-electron chi connectivity index (χ3n) is 4.41. The number of hydrogen-bond acceptors (Lipinski definition) is 4. The van der Waals surface area contributed by atoms with Crippen molar-refractivity contribution in [1.82, 2.24) is 14.5 Å². The lowest BCUT2D eigenvalue weighted by Crippen LogP contribution is -2.38. The van der Waals surface area contributed by atoms with Crippen LogP contribution in [0.1, 0.15) is 37.0 Å². The van der Waals surface area contributed by atoms with Crippen LogP contribution in [0, 0.1) is 0 Å². The van der Waals surface area contributed by atoms with E-state index in [0.29, 0.717) is 11.7 Å². The number of aromatic nitrogens is 2. The third-order valence-corrected chi connectivity index (χ3v) is 5.65. The zero-order chi connectivity index (χ0) is 17.6. The second-order valence-electron chi connectivity index (χ2n) is 6.13. The molecule has 6 heteroatoms. The van der Waals surface area contributed by atoms with Crippen LogP contribution in [0.4, 0.5) is 0 Å². The first kappa shape index (κ1) is 17.7. The summed E-state index contributed by atoms with van der Waals surface area (Å²) < 4.78 is 1.91. The molecule has 5 nitrogen and oxygen atoms in total. The van der Waals surface area contributed by atoms with Gasteiger partial charge in [-0.15, -0.1) is 0 Å². The SMILES string of the molecule is CCn1ccc(=O)nc1SC(C(=O)N1CCCCC1)c1ccccc1. The van der Waals surface area contributed by atoms with Crippen molar-refractivity contribution in [2.24, 2.45) is 0 Å². The van der Waals surface area contributed by atoms with Crippen molar-refractivity contribution in [2.75, 3.05) is 13.1 Å². The Morgan fingerprint density at radius 3 is 2.56 bits per heavy atom. The lowest BCUT2D eigenvalue weighted by molar-refractivity contribution is -0.131. The molecule has 1 saturated heterocycles. The van der Waals surface area contributed by atoms with Gasteiger partial charge in [0.05, 0.1) is 0 Å². The molecular weight excluding hydrogens is 334 g/mol. The Morgan fingerprint density at radius 1 is 1.16 bits per heavy atom. The lowest BCUT2D eigenvalue weighted by Gasteiger charge is -2.30. The monoisotopic (exact) mass is 357 g/mol. The van der Waals surface area contributed by atoms with Crippen LogP contribution in [-0.2, 0) is 11.3 Å². The minimum absolute atomic E-state index is 0.108. The highest BCUT2D eigenvalue weighted by atomic mass is 32.2. The minimum Gasteiger partial charge on any atom is -0.341 e. The summed E-state index contributed by atoms with van der Waals surface area (Å²) in [6, 6.07) is 11.2. The van der Waals surface area contributed by atoms with E-state index in [9.17, 15) is 9.59 Å². The minimum atomic E-state index is -0.383. The maximum Gasteiger partial charge on any atom is 0.273 e. The van der Waals surface area contributed by atoms with Gasteiger partial charge in [-0.1, -0.05) is 42.1 Å². The van der Waals surface area contributed by atoms with Crippen LogP contribution in [-0.4, -0.2) is 33.4 Å². The Hall–Kier alpha value is -2.08. The van der Waals surface area contributed by atoms with Crippen LogP contribution in [0.2, 0.25) is 0 Å². The standard InChI is InChI=1S/C19H23N3O2S/c1-2-21-14-11-16(23)20-19(21)25-17(15-9-5-3-6-10-15)18(24)22-12-7-4-8-13-22/h3,5-6,9-11,14,17H,2,4,7-8,12-13H2,1H3. The number of nitrogens with zero attached hydrogens (tertiary/aromatic N) is 3. The van der Waals surface area contributed by atoms with Crippen LogP contribution in [0.3, 0.4) is 0 Å². The highest BCUT2D eigenvalue weighted by Crippen LogP contribution is 2.36. The second kappa shape index (κ2) is 8.34. The van der Waals surface area contributed by atoms with Gasteiger partial charge in [-0.2, -0.15) is 4.98 Å². The number of benzene rings is 1. The fourth-order valence-electron chi connectivity index (χ4n) is 3.02. The first-order valence-corrected chi connectivity index (χ1v) is 9.65. The van der Waals surface area contributed by atoms with Crippen molar-refractivity contribution >= 4 is 17.7 Å². The first-order valence-electron chi connectivity index (χ1n) is 8.77. The van der Waals surface area contributed by atoms with Gasteiger partial charge in [-0.3, -0.25) is 9.59 Å². The molecule has 25 heavy (non-hydrogen) atoms. The molecule has 1 aromatic heterocycles. The van der Waals surface area contributed by atoms with Crippen LogP contribution in [0.25, 0.3) is 0 Å². The summed E-state index contributed by atoms with van der Waals surface area (Å²) in [4.78, 5) is 31.0.